The Morgan fingerprint density at radius 2 is 2.44 bits per heavy atom. The first-order chi connectivity index (χ1) is 8.66. The van der Waals surface area contributed by atoms with Crippen LogP contribution >= 0.6 is 11.8 Å². The maximum atomic E-state index is 11.5. The molecule has 6 heteroatoms. The van der Waals surface area contributed by atoms with Crippen molar-refractivity contribution < 1.29 is 4.79 Å². The number of carbonyl (C=O) groups is 1. The summed E-state index contributed by atoms with van der Waals surface area (Å²) in [5.41, 5.74) is 1.29. The average Bonchev–Trinajstić information content (AvgIpc) is 2.72. The van der Waals surface area contributed by atoms with Gasteiger partial charge in [-0.1, -0.05) is 23.9 Å². The zero-order valence-corrected chi connectivity index (χ0v) is 10.7. The van der Waals surface area contributed by atoms with Gasteiger partial charge in [-0.05, 0) is 18.1 Å². The summed E-state index contributed by atoms with van der Waals surface area (Å²) in [4.78, 5) is 24.7. The van der Waals surface area contributed by atoms with Crippen LogP contribution in [-0.2, 0) is 4.79 Å². The molecule has 0 atom stereocenters. The lowest BCUT2D eigenvalue weighted by Gasteiger charge is -1.90. The zero-order valence-electron chi connectivity index (χ0n) is 9.92. The fourth-order valence-electron chi connectivity index (χ4n) is 1.54. The summed E-state index contributed by atoms with van der Waals surface area (Å²) in [5, 5.41) is 4.14. The summed E-state index contributed by atoms with van der Waals surface area (Å²) in [5.74, 6) is 0.776. The highest BCUT2D eigenvalue weighted by molar-refractivity contribution is 8.13. The summed E-state index contributed by atoms with van der Waals surface area (Å²) in [6.07, 6.45) is 7.89. The van der Waals surface area contributed by atoms with E-state index in [1.807, 2.05) is 12.2 Å². The van der Waals surface area contributed by atoms with Crippen molar-refractivity contribution >= 4 is 28.5 Å². The molecule has 0 unspecified atom stereocenters. The molecule has 0 amide bonds. The van der Waals surface area contributed by atoms with Crippen molar-refractivity contribution in [2.24, 2.45) is 0 Å². The number of aromatic nitrogens is 3. The summed E-state index contributed by atoms with van der Waals surface area (Å²) in [6.45, 7) is 1.56. The van der Waals surface area contributed by atoms with Crippen molar-refractivity contribution in [3.8, 4) is 0 Å². The second-order valence-electron chi connectivity index (χ2n) is 3.75. The van der Waals surface area contributed by atoms with E-state index in [1.54, 1.807) is 23.7 Å². The van der Waals surface area contributed by atoms with Gasteiger partial charge in [0.15, 0.2) is 5.12 Å². The quantitative estimate of drug-likeness (QED) is 0.853. The van der Waals surface area contributed by atoms with Gasteiger partial charge in [0.2, 0.25) is 0 Å². The number of allylic oxidation sites excluding steroid dienone is 1. The molecule has 2 heterocycles. The molecule has 2 rings (SSSR count). The molecule has 5 nitrogen and oxygen atoms in total. The number of hydrogen-bond donors (Lipinski definition) is 1. The maximum Gasteiger partial charge on any atom is 0.275 e. The smallest absolute Gasteiger partial charge is 0.275 e. The Balaban J connectivity index is 2.04. The number of carbonyl (C=O) groups excluding carboxylic acids is 1. The van der Waals surface area contributed by atoms with Crippen LogP contribution in [0.15, 0.2) is 29.5 Å². The molecule has 0 aliphatic rings. The van der Waals surface area contributed by atoms with Crippen molar-refractivity contribution in [1.29, 1.82) is 0 Å². The van der Waals surface area contributed by atoms with Crippen LogP contribution in [-0.4, -0.2) is 25.5 Å². The maximum absolute atomic E-state index is 11.5. The molecular formula is C12H13N3O2S. The van der Waals surface area contributed by atoms with Crippen LogP contribution in [0.5, 0.6) is 0 Å². The third-order valence-corrected chi connectivity index (χ3v) is 3.18. The number of H-pyrrole nitrogens is 1. The number of hydrogen-bond acceptors (Lipinski definition) is 4. The van der Waals surface area contributed by atoms with Crippen LogP contribution in [0.25, 0.3) is 11.6 Å². The van der Waals surface area contributed by atoms with Gasteiger partial charge in [-0.2, -0.15) is 5.10 Å². The van der Waals surface area contributed by atoms with Crippen molar-refractivity contribution in [2.75, 3.05) is 5.75 Å². The first-order valence-corrected chi connectivity index (χ1v) is 6.51. The third-order valence-electron chi connectivity index (χ3n) is 2.33. The average molecular weight is 263 g/mol. The molecule has 0 saturated carbocycles. The van der Waals surface area contributed by atoms with Crippen LogP contribution in [0.4, 0.5) is 0 Å². The number of aromatic amines is 1. The zero-order chi connectivity index (χ0) is 13.0. The monoisotopic (exact) mass is 263 g/mol. The Morgan fingerprint density at radius 3 is 3.17 bits per heavy atom. The third kappa shape index (κ3) is 3.10. The Bertz CT molecular complexity index is 642. The van der Waals surface area contributed by atoms with Crippen molar-refractivity contribution in [3.63, 3.8) is 0 Å². The minimum absolute atomic E-state index is 0.133. The minimum atomic E-state index is -0.156. The molecule has 18 heavy (non-hydrogen) atoms. The molecule has 1 N–H and O–H groups in total. The molecule has 0 aliphatic heterocycles. The van der Waals surface area contributed by atoms with Crippen molar-refractivity contribution in [1.82, 2.24) is 14.6 Å². The van der Waals surface area contributed by atoms with Gasteiger partial charge in [-0.25, -0.2) is 4.52 Å². The second-order valence-corrected chi connectivity index (χ2v) is 5.02. The number of nitrogens with zero attached hydrogens (tertiary/aromatic N) is 2. The molecule has 0 aliphatic carbocycles. The SMILES string of the molecule is CC(=O)SCCC=Cc1cc2c(=O)[nH]cnn2c1. The lowest BCUT2D eigenvalue weighted by molar-refractivity contribution is -0.109. The lowest BCUT2D eigenvalue weighted by Crippen LogP contribution is -2.09. The Hall–Kier alpha value is -1.82. The Kier molecular flexibility index (Phi) is 3.99. The van der Waals surface area contributed by atoms with Gasteiger partial charge in [0.25, 0.3) is 5.56 Å². The Morgan fingerprint density at radius 1 is 1.61 bits per heavy atom. The molecule has 0 fully saturated rings. The fourth-order valence-corrected chi connectivity index (χ4v) is 2.08. The van der Waals surface area contributed by atoms with Crippen LogP contribution < -0.4 is 5.56 Å². The summed E-state index contributed by atoms with van der Waals surface area (Å²) >= 11 is 1.31. The van der Waals surface area contributed by atoms with E-state index in [9.17, 15) is 9.59 Å². The normalized spacial score (nSPS) is 11.4. The molecule has 0 aromatic carbocycles. The van der Waals surface area contributed by atoms with Gasteiger partial charge in [0, 0.05) is 18.9 Å². The van der Waals surface area contributed by atoms with E-state index in [1.165, 1.54) is 18.1 Å². The molecule has 2 aromatic heterocycles. The van der Waals surface area contributed by atoms with E-state index < -0.39 is 0 Å². The molecule has 0 radical (unpaired) electrons. The molecule has 94 valence electrons. The van der Waals surface area contributed by atoms with Gasteiger partial charge < -0.3 is 4.98 Å². The minimum Gasteiger partial charge on any atom is -0.310 e. The van der Waals surface area contributed by atoms with E-state index in [-0.39, 0.29) is 10.7 Å². The van der Waals surface area contributed by atoms with Gasteiger partial charge >= 0.3 is 0 Å². The van der Waals surface area contributed by atoms with Crippen LogP contribution in [0, 0.1) is 0 Å². The topological polar surface area (TPSA) is 67.2 Å². The first-order valence-electron chi connectivity index (χ1n) is 5.53. The highest BCUT2D eigenvalue weighted by Crippen LogP contribution is 2.08. The highest BCUT2D eigenvalue weighted by Gasteiger charge is 2.00. The highest BCUT2D eigenvalue weighted by atomic mass is 32.2. The first kappa shape index (κ1) is 12.6. The number of rotatable bonds is 4. The summed E-state index contributed by atoms with van der Waals surface area (Å²) in [6, 6.07) is 1.78. The van der Waals surface area contributed by atoms with Gasteiger partial charge in [0.05, 0.1) is 0 Å². The van der Waals surface area contributed by atoms with E-state index in [0.717, 1.165) is 17.7 Å². The van der Waals surface area contributed by atoms with E-state index in [2.05, 4.69) is 10.1 Å². The van der Waals surface area contributed by atoms with Crippen LogP contribution in [0.3, 0.4) is 0 Å². The van der Waals surface area contributed by atoms with Crippen molar-refractivity contribution in [3.05, 3.63) is 40.6 Å². The summed E-state index contributed by atoms with van der Waals surface area (Å²) < 4.78 is 1.54. The second kappa shape index (κ2) is 5.68. The van der Waals surface area contributed by atoms with Gasteiger partial charge in [-0.15, -0.1) is 0 Å². The molecule has 0 bridgehead atoms. The standard InChI is InChI=1S/C12H13N3O2S/c1-9(16)18-5-3-2-4-10-6-11-12(17)13-8-14-15(11)7-10/h2,4,6-8H,3,5H2,1H3,(H,13,14,17). The molecule has 0 spiro atoms. The van der Waals surface area contributed by atoms with E-state index in [0.29, 0.717) is 5.52 Å². The lowest BCUT2D eigenvalue weighted by atomic mass is 10.3. The number of fused-ring (bicyclic) bond motifs is 1. The molecule has 2 aromatic rings. The predicted molar refractivity (Wildman–Crippen MR) is 72.6 cm³/mol. The van der Waals surface area contributed by atoms with E-state index >= 15 is 0 Å². The van der Waals surface area contributed by atoms with Crippen LogP contribution in [0.2, 0.25) is 0 Å². The Labute approximate surface area is 108 Å². The molecule has 0 saturated heterocycles. The number of thioether (sulfide) groups is 1. The van der Waals surface area contributed by atoms with Crippen molar-refractivity contribution in [2.45, 2.75) is 13.3 Å². The van der Waals surface area contributed by atoms with Gasteiger partial charge in [0.1, 0.15) is 11.8 Å². The largest absolute Gasteiger partial charge is 0.310 e. The fraction of sp³-hybridized carbons (Fsp3) is 0.250. The van der Waals surface area contributed by atoms with Crippen LogP contribution in [0.1, 0.15) is 18.9 Å². The van der Waals surface area contributed by atoms with E-state index in [4.69, 9.17) is 0 Å². The number of nitrogens with one attached hydrogen (secondary N) is 1. The molecular weight excluding hydrogens is 250 g/mol. The predicted octanol–water partition coefficient (Wildman–Crippen LogP) is 1.71. The van der Waals surface area contributed by atoms with Gasteiger partial charge in [-0.3, -0.25) is 9.59 Å². The summed E-state index contributed by atoms with van der Waals surface area (Å²) in [7, 11) is 0.